The Kier molecular flexibility index (Phi) is 8.32. The van der Waals surface area contributed by atoms with Crippen molar-refractivity contribution in [3.8, 4) is 17.2 Å². The lowest BCUT2D eigenvalue weighted by atomic mass is 10.1. The summed E-state index contributed by atoms with van der Waals surface area (Å²) in [7, 11) is 0. The summed E-state index contributed by atoms with van der Waals surface area (Å²) >= 11 is 11.9. The second-order valence-electron chi connectivity index (χ2n) is 6.41. The predicted molar refractivity (Wildman–Crippen MR) is 128 cm³/mol. The zero-order valence-corrected chi connectivity index (χ0v) is 19.3. The van der Waals surface area contributed by atoms with Crippen molar-refractivity contribution in [3.05, 3.63) is 62.0 Å². The number of nitro benzene ring substituents is 1. The monoisotopic (exact) mass is 494 g/mol. The molecule has 1 N–H and O–H groups in total. The van der Waals surface area contributed by atoms with Crippen molar-refractivity contribution in [3.63, 3.8) is 0 Å². The number of benzene rings is 2. The van der Waals surface area contributed by atoms with Crippen LogP contribution < -0.4 is 19.5 Å². The summed E-state index contributed by atoms with van der Waals surface area (Å²) in [6, 6.07) is 9.89. The maximum Gasteiger partial charge on any atom is 0.315 e. The van der Waals surface area contributed by atoms with Gasteiger partial charge in [-0.3, -0.25) is 14.9 Å². The van der Waals surface area contributed by atoms with Gasteiger partial charge in [0.05, 0.1) is 29.6 Å². The maximum atomic E-state index is 11.9. The van der Waals surface area contributed by atoms with Crippen LogP contribution in [0.25, 0.3) is 6.08 Å². The summed E-state index contributed by atoms with van der Waals surface area (Å²) in [5.74, 6) is 0.574. The van der Waals surface area contributed by atoms with E-state index in [-0.39, 0.29) is 36.3 Å². The second kappa shape index (κ2) is 11.2. The van der Waals surface area contributed by atoms with Crippen LogP contribution in [0.3, 0.4) is 0 Å². The molecule has 168 valence electrons. The number of thiocarbonyl (C=S) groups is 1. The average molecular weight is 495 g/mol. The van der Waals surface area contributed by atoms with E-state index in [2.05, 4.69) is 5.32 Å². The van der Waals surface area contributed by atoms with Gasteiger partial charge >= 0.3 is 5.69 Å². The fourth-order valence-corrected chi connectivity index (χ4v) is 3.93. The molecule has 11 heteroatoms. The molecule has 3 rings (SSSR count). The SMILES string of the molecule is CCOc1cc(/C=C2/SC(=S)NC2=O)cc([N+](=O)[O-])c1OCCCOc1ccc(Cl)cc1. The van der Waals surface area contributed by atoms with Crippen LogP contribution >= 0.6 is 35.6 Å². The molecule has 0 unspecified atom stereocenters. The van der Waals surface area contributed by atoms with Gasteiger partial charge < -0.3 is 19.5 Å². The predicted octanol–water partition coefficient (Wildman–Crippen LogP) is 4.98. The Morgan fingerprint density at radius 1 is 1.19 bits per heavy atom. The van der Waals surface area contributed by atoms with E-state index in [1.54, 1.807) is 37.3 Å². The molecule has 1 fully saturated rings. The van der Waals surface area contributed by atoms with Crippen molar-refractivity contribution in [2.24, 2.45) is 0 Å². The molecular formula is C21H19ClN2O6S2. The number of nitro groups is 1. The van der Waals surface area contributed by atoms with E-state index < -0.39 is 4.92 Å². The van der Waals surface area contributed by atoms with Crippen LogP contribution in [0.4, 0.5) is 5.69 Å². The van der Waals surface area contributed by atoms with E-state index in [1.807, 2.05) is 0 Å². The molecule has 1 heterocycles. The number of amides is 1. The van der Waals surface area contributed by atoms with Crippen molar-refractivity contribution in [1.82, 2.24) is 5.32 Å². The largest absolute Gasteiger partial charge is 0.493 e. The third-order valence-corrected chi connectivity index (χ3v) is 5.53. The summed E-state index contributed by atoms with van der Waals surface area (Å²) < 4.78 is 17.2. The van der Waals surface area contributed by atoms with E-state index >= 15 is 0 Å². The Hall–Kier alpha value is -2.82. The van der Waals surface area contributed by atoms with Crippen LogP contribution in [0.2, 0.25) is 5.02 Å². The highest BCUT2D eigenvalue weighted by Gasteiger charge is 2.25. The molecule has 2 aromatic carbocycles. The molecule has 0 spiro atoms. The van der Waals surface area contributed by atoms with E-state index in [4.69, 9.17) is 38.0 Å². The minimum atomic E-state index is -0.545. The summed E-state index contributed by atoms with van der Waals surface area (Å²) in [6.45, 7) is 2.59. The lowest BCUT2D eigenvalue weighted by molar-refractivity contribution is -0.386. The third kappa shape index (κ3) is 6.35. The lowest BCUT2D eigenvalue weighted by Gasteiger charge is -2.13. The molecular weight excluding hydrogens is 476 g/mol. The van der Waals surface area contributed by atoms with Gasteiger partial charge in [-0.25, -0.2) is 0 Å². The van der Waals surface area contributed by atoms with Crippen LogP contribution in [0, 0.1) is 10.1 Å². The molecule has 1 amide bonds. The van der Waals surface area contributed by atoms with Crippen molar-refractivity contribution in [1.29, 1.82) is 0 Å². The Labute approximate surface area is 199 Å². The first-order chi connectivity index (χ1) is 15.4. The third-order valence-electron chi connectivity index (χ3n) is 4.11. The number of hydrogen-bond acceptors (Lipinski definition) is 8. The van der Waals surface area contributed by atoms with Gasteiger partial charge in [-0.15, -0.1) is 0 Å². The smallest absolute Gasteiger partial charge is 0.315 e. The van der Waals surface area contributed by atoms with Crippen LogP contribution in [0.1, 0.15) is 18.9 Å². The number of halogens is 1. The number of thioether (sulfide) groups is 1. The number of nitrogens with zero attached hydrogens (tertiary/aromatic N) is 1. The van der Waals surface area contributed by atoms with Gasteiger partial charge in [0.2, 0.25) is 5.75 Å². The van der Waals surface area contributed by atoms with Crippen LogP contribution in [0.15, 0.2) is 41.3 Å². The Bertz CT molecular complexity index is 1060. The number of ether oxygens (including phenoxy) is 3. The highest BCUT2D eigenvalue weighted by molar-refractivity contribution is 8.26. The van der Waals surface area contributed by atoms with E-state index in [1.165, 1.54) is 12.1 Å². The topological polar surface area (TPSA) is 99.9 Å². The molecule has 2 aromatic rings. The summed E-state index contributed by atoms with van der Waals surface area (Å²) in [4.78, 5) is 23.4. The van der Waals surface area contributed by atoms with Gasteiger partial charge in [-0.1, -0.05) is 35.6 Å². The summed E-state index contributed by atoms with van der Waals surface area (Å²) in [5, 5.41) is 14.8. The van der Waals surface area contributed by atoms with Crippen LogP contribution in [-0.2, 0) is 4.79 Å². The number of carbonyl (C=O) groups excluding carboxylic acids is 1. The molecule has 32 heavy (non-hydrogen) atoms. The highest BCUT2D eigenvalue weighted by Crippen LogP contribution is 2.40. The fraction of sp³-hybridized carbons (Fsp3) is 0.238. The van der Waals surface area contributed by atoms with Gasteiger partial charge in [0.1, 0.15) is 10.1 Å². The normalized spacial score (nSPS) is 14.4. The minimum Gasteiger partial charge on any atom is -0.493 e. The molecule has 1 aliphatic heterocycles. The molecule has 0 radical (unpaired) electrons. The zero-order valence-electron chi connectivity index (χ0n) is 17.0. The van der Waals surface area contributed by atoms with Gasteiger partial charge in [0.25, 0.3) is 5.91 Å². The first-order valence-corrected chi connectivity index (χ1v) is 11.2. The molecule has 0 atom stereocenters. The van der Waals surface area contributed by atoms with Gasteiger partial charge in [-0.05, 0) is 48.9 Å². The quantitative estimate of drug-likeness (QED) is 0.162. The van der Waals surface area contributed by atoms with Crippen molar-refractivity contribution >= 4 is 57.6 Å². The number of hydrogen-bond donors (Lipinski definition) is 1. The molecule has 0 bridgehead atoms. The molecule has 1 saturated heterocycles. The maximum absolute atomic E-state index is 11.9. The first kappa shape index (κ1) is 23.8. The molecule has 0 saturated carbocycles. The Balaban J connectivity index is 1.73. The van der Waals surface area contributed by atoms with Gasteiger partial charge in [0.15, 0.2) is 5.75 Å². The highest BCUT2D eigenvalue weighted by atomic mass is 35.5. The fourth-order valence-electron chi connectivity index (χ4n) is 2.76. The van der Waals surface area contributed by atoms with Crippen molar-refractivity contribution in [2.45, 2.75) is 13.3 Å². The summed E-state index contributed by atoms with van der Waals surface area (Å²) in [6.07, 6.45) is 2.02. The Morgan fingerprint density at radius 2 is 1.91 bits per heavy atom. The Morgan fingerprint density at radius 3 is 2.53 bits per heavy atom. The molecule has 0 aliphatic carbocycles. The first-order valence-electron chi connectivity index (χ1n) is 9.58. The molecule has 8 nitrogen and oxygen atoms in total. The van der Waals surface area contributed by atoms with Crippen molar-refractivity contribution < 1.29 is 23.9 Å². The van der Waals surface area contributed by atoms with Crippen LogP contribution in [-0.4, -0.2) is 35.0 Å². The van der Waals surface area contributed by atoms with E-state index in [0.717, 1.165) is 11.8 Å². The minimum absolute atomic E-state index is 0.0320. The average Bonchev–Trinajstić information content (AvgIpc) is 3.06. The number of carbonyl (C=O) groups is 1. The van der Waals surface area contributed by atoms with Gasteiger partial charge in [-0.2, -0.15) is 0 Å². The number of nitrogens with one attached hydrogen (secondary N) is 1. The molecule has 0 aromatic heterocycles. The summed E-state index contributed by atoms with van der Waals surface area (Å²) in [5.41, 5.74) is 0.174. The zero-order chi connectivity index (χ0) is 23.1. The van der Waals surface area contributed by atoms with Gasteiger partial charge in [0, 0.05) is 17.5 Å². The second-order valence-corrected chi connectivity index (χ2v) is 8.57. The standard InChI is InChI=1S/C21H19ClN2O6S2/c1-2-28-17-11-13(12-18-20(25)23-21(31)32-18)10-16(24(26)27)19(17)30-9-3-8-29-15-6-4-14(22)5-7-15/h4-7,10-12H,2-3,8-9H2,1H3,(H,23,25,31)/b18-12+. The van der Waals surface area contributed by atoms with E-state index in [0.29, 0.717) is 38.6 Å². The van der Waals surface area contributed by atoms with Crippen LogP contribution in [0.5, 0.6) is 17.2 Å². The van der Waals surface area contributed by atoms with Crippen molar-refractivity contribution in [2.75, 3.05) is 19.8 Å². The number of rotatable bonds is 10. The lowest BCUT2D eigenvalue weighted by Crippen LogP contribution is -2.17. The molecule has 1 aliphatic rings. The van der Waals surface area contributed by atoms with E-state index in [9.17, 15) is 14.9 Å².